The van der Waals surface area contributed by atoms with Crippen LogP contribution in [0.3, 0.4) is 0 Å². The third kappa shape index (κ3) is 1.82. The Balaban J connectivity index is 2.22. The Morgan fingerprint density at radius 2 is 2.08 bits per heavy atom. The van der Waals surface area contributed by atoms with E-state index in [1.807, 2.05) is 12.1 Å². The smallest absolute Gasteiger partial charge is 0.196 e. The van der Waals surface area contributed by atoms with Crippen LogP contribution >= 0.6 is 11.6 Å². The first kappa shape index (κ1) is 8.53. The van der Waals surface area contributed by atoms with Crippen molar-refractivity contribution < 1.29 is 4.84 Å². The molecule has 1 aliphatic heterocycles. The summed E-state index contributed by atoms with van der Waals surface area (Å²) in [5, 5.41) is 4.50. The molecule has 1 heterocycles. The molecule has 1 aromatic carbocycles. The topological polar surface area (TPSA) is 45.4 Å². The van der Waals surface area contributed by atoms with Crippen molar-refractivity contribution in [2.45, 2.75) is 12.6 Å². The van der Waals surface area contributed by atoms with E-state index in [9.17, 15) is 0 Å². The van der Waals surface area contributed by atoms with Crippen molar-refractivity contribution in [3.05, 3.63) is 34.9 Å². The second-order valence-electron chi connectivity index (χ2n) is 2.84. The Morgan fingerprint density at radius 3 is 2.62 bits per heavy atom. The van der Waals surface area contributed by atoms with Gasteiger partial charge in [-0.15, -0.1) is 0 Å². The second kappa shape index (κ2) is 3.36. The molecule has 0 saturated carbocycles. The number of benzene rings is 1. The van der Waals surface area contributed by atoms with Crippen molar-refractivity contribution >= 4 is 17.3 Å². The van der Waals surface area contributed by atoms with E-state index >= 15 is 0 Å². The molecule has 2 rings (SSSR count). The van der Waals surface area contributed by atoms with Crippen LogP contribution in [0.1, 0.15) is 12.0 Å². The van der Waals surface area contributed by atoms with Crippen molar-refractivity contribution in [1.82, 2.24) is 5.73 Å². The molecule has 3 nitrogen and oxygen atoms in total. The van der Waals surface area contributed by atoms with Crippen LogP contribution in [0.2, 0.25) is 5.02 Å². The maximum absolute atomic E-state index is 7.29. The highest BCUT2D eigenvalue weighted by atomic mass is 35.5. The summed E-state index contributed by atoms with van der Waals surface area (Å²) < 4.78 is 0. The summed E-state index contributed by atoms with van der Waals surface area (Å²) in [6, 6.07) is 7.36. The van der Waals surface area contributed by atoms with Gasteiger partial charge in [-0.2, -0.15) is 0 Å². The second-order valence-corrected chi connectivity index (χ2v) is 3.28. The molecule has 67 valence electrons. The van der Waals surface area contributed by atoms with Crippen LogP contribution in [-0.4, -0.2) is 11.9 Å². The van der Waals surface area contributed by atoms with Gasteiger partial charge in [-0.25, -0.2) is 5.73 Å². The monoisotopic (exact) mass is 195 g/mol. The molecule has 4 heteroatoms. The number of rotatable bonds is 1. The minimum atomic E-state index is -0.550. The lowest BCUT2D eigenvalue weighted by atomic mass is 10.1. The Morgan fingerprint density at radius 1 is 1.38 bits per heavy atom. The Hall–Kier alpha value is -1.06. The lowest BCUT2D eigenvalue weighted by Crippen LogP contribution is -2.08. The fraction of sp³-hybridized carbons (Fsp3) is 0.222. The fourth-order valence-corrected chi connectivity index (χ4v) is 1.32. The molecule has 1 radical (unpaired) electrons. The first-order valence-electron chi connectivity index (χ1n) is 3.95. The molecule has 0 aromatic heterocycles. The van der Waals surface area contributed by atoms with Gasteiger partial charge in [0.2, 0.25) is 0 Å². The molecule has 0 aliphatic carbocycles. The first-order chi connectivity index (χ1) is 6.25. The standard InChI is InChI=1S/C9H8ClN2O/c10-7-3-1-6(2-4-7)8-5-9(11)13-12-8/h1-4,9,11H,5H2. The highest BCUT2D eigenvalue weighted by Gasteiger charge is 2.18. The molecule has 0 spiro atoms. The van der Waals surface area contributed by atoms with E-state index in [-0.39, 0.29) is 0 Å². The van der Waals surface area contributed by atoms with Crippen molar-refractivity contribution in [1.29, 1.82) is 0 Å². The van der Waals surface area contributed by atoms with Gasteiger partial charge in [-0.1, -0.05) is 28.9 Å². The van der Waals surface area contributed by atoms with Gasteiger partial charge >= 0.3 is 0 Å². The number of nitrogens with one attached hydrogen (secondary N) is 1. The molecular formula is C9H8ClN2O. The molecular weight excluding hydrogens is 188 g/mol. The van der Waals surface area contributed by atoms with Gasteiger partial charge in [0.05, 0.1) is 5.71 Å². The Bertz CT molecular complexity index is 334. The molecule has 0 amide bonds. The van der Waals surface area contributed by atoms with Crippen molar-refractivity contribution in [2.24, 2.45) is 5.16 Å². The van der Waals surface area contributed by atoms with E-state index in [4.69, 9.17) is 22.2 Å². The summed E-state index contributed by atoms with van der Waals surface area (Å²) in [5.74, 6) is 0. The SMILES string of the molecule is [NH]C1CC(c2ccc(Cl)cc2)=NO1. The van der Waals surface area contributed by atoms with Crippen molar-refractivity contribution in [3.63, 3.8) is 0 Å². The number of oxime groups is 1. The molecule has 0 fully saturated rings. The lowest BCUT2D eigenvalue weighted by molar-refractivity contribution is 0.0850. The van der Waals surface area contributed by atoms with Crippen LogP contribution in [0.4, 0.5) is 0 Å². The quantitative estimate of drug-likeness (QED) is 0.677. The summed E-state index contributed by atoms with van der Waals surface area (Å²) >= 11 is 5.74. The van der Waals surface area contributed by atoms with Crippen LogP contribution in [0.15, 0.2) is 29.4 Å². The maximum Gasteiger partial charge on any atom is 0.196 e. The average Bonchev–Trinajstić information content (AvgIpc) is 2.53. The van der Waals surface area contributed by atoms with Gasteiger partial charge in [0, 0.05) is 11.4 Å². The molecule has 0 saturated heterocycles. The molecule has 1 aromatic rings. The van der Waals surface area contributed by atoms with Gasteiger partial charge in [0.1, 0.15) is 0 Å². The number of hydrogen-bond donors (Lipinski definition) is 0. The number of halogens is 1. The van der Waals surface area contributed by atoms with E-state index in [0.29, 0.717) is 11.4 Å². The van der Waals surface area contributed by atoms with Crippen LogP contribution in [0, 0.1) is 0 Å². The predicted molar refractivity (Wildman–Crippen MR) is 50.6 cm³/mol. The molecule has 13 heavy (non-hydrogen) atoms. The predicted octanol–water partition coefficient (Wildman–Crippen LogP) is 2.07. The van der Waals surface area contributed by atoms with Gasteiger partial charge in [-0.3, -0.25) is 0 Å². The Labute approximate surface area is 81.1 Å². The molecule has 0 bridgehead atoms. The molecule has 1 N–H and O–H groups in total. The molecule has 1 aliphatic rings. The van der Waals surface area contributed by atoms with Crippen molar-refractivity contribution in [2.75, 3.05) is 0 Å². The van der Waals surface area contributed by atoms with Crippen molar-refractivity contribution in [3.8, 4) is 0 Å². The average molecular weight is 196 g/mol. The minimum absolute atomic E-state index is 0.543. The first-order valence-corrected chi connectivity index (χ1v) is 4.33. The van der Waals surface area contributed by atoms with E-state index in [2.05, 4.69) is 5.16 Å². The number of nitrogens with zero attached hydrogens (tertiary/aromatic N) is 1. The van der Waals surface area contributed by atoms with Crippen LogP contribution in [0.5, 0.6) is 0 Å². The summed E-state index contributed by atoms with van der Waals surface area (Å²) in [7, 11) is 0. The van der Waals surface area contributed by atoms with Gasteiger partial charge in [0.25, 0.3) is 0 Å². The van der Waals surface area contributed by atoms with Crippen LogP contribution < -0.4 is 5.73 Å². The zero-order valence-electron chi connectivity index (χ0n) is 6.83. The van der Waals surface area contributed by atoms with E-state index in [1.54, 1.807) is 12.1 Å². The van der Waals surface area contributed by atoms with Gasteiger partial charge in [0.15, 0.2) is 6.23 Å². The van der Waals surface area contributed by atoms with Crippen LogP contribution in [0.25, 0.3) is 0 Å². The third-order valence-electron chi connectivity index (χ3n) is 1.85. The number of hydrogen-bond acceptors (Lipinski definition) is 2. The zero-order valence-corrected chi connectivity index (χ0v) is 7.58. The fourth-order valence-electron chi connectivity index (χ4n) is 1.19. The van der Waals surface area contributed by atoms with Crippen LogP contribution in [-0.2, 0) is 4.84 Å². The van der Waals surface area contributed by atoms with E-state index < -0.39 is 6.23 Å². The summed E-state index contributed by atoms with van der Waals surface area (Å²) in [5.41, 5.74) is 9.08. The Kier molecular flexibility index (Phi) is 2.20. The normalized spacial score (nSPS) is 21.1. The van der Waals surface area contributed by atoms with E-state index in [0.717, 1.165) is 11.3 Å². The maximum atomic E-state index is 7.29. The highest BCUT2D eigenvalue weighted by Crippen LogP contribution is 2.16. The molecule has 1 unspecified atom stereocenters. The van der Waals surface area contributed by atoms with E-state index in [1.165, 1.54) is 0 Å². The summed E-state index contributed by atoms with van der Waals surface area (Å²) in [6.45, 7) is 0. The zero-order chi connectivity index (χ0) is 9.26. The van der Waals surface area contributed by atoms with Gasteiger partial charge < -0.3 is 4.84 Å². The third-order valence-corrected chi connectivity index (χ3v) is 2.10. The summed E-state index contributed by atoms with van der Waals surface area (Å²) in [4.78, 5) is 4.77. The lowest BCUT2D eigenvalue weighted by Gasteiger charge is -1.98. The molecule has 1 atom stereocenters. The van der Waals surface area contributed by atoms with Gasteiger partial charge in [-0.05, 0) is 17.7 Å². The summed E-state index contributed by atoms with van der Waals surface area (Å²) in [6.07, 6.45) is -0.00701. The minimum Gasteiger partial charge on any atom is -0.375 e. The largest absolute Gasteiger partial charge is 0.375 e. The highest BCUT2D eigenvalue weighted by molar-refractivity contribution is 6.30.